The van der Waals surface area contributed by atoms with Crippen LogP contribution < -0.4 is 0 Å². The van der Waals surface area contributed by atoms with Crippen molar-refractivity contribution in [3.05, 3.63) is 46.5 Å². The second-order valence-corrected chi connectivity index (χ2v) is 5.86. The van der Waals surface area contributed by atoms with Gasteiger partial charge in [0, 0.05) is 4.47 Å². The standard InChI is InChI=1S/C15H14BrNO2/c16-13-8-4-1-5-10(13)9-17-14(18)11-6-2-3-7-12(11)15(17)19/h1-5,8,11-12H,6-7,9H2. The summed E-state index contributed by atoms with van der Waals surface area (Å²) >= 11 is 3.46. The van der Waals surface area contributed by atoms with Gasteiger partial charge in [-0.05, 0) is 24.5 Å². The Morgan fingerprint density at radius 2 is 1.63 bits per heavy atom. The number of carbonyl (C=O) groups is 2. The number of amides is 2. The van der Waals surface area contributed by atoms with Gasteiger partial charge in [-0.25, -0.2) is 0 Å². The van der Waals surface area contributed by atoms with Gasteiger partial charge in [0.25, 0.3) is 0 Å². The van der Waals surface area contributed by atoms with Crippen LogP contribution in [0.15, 0.2) is 40.9 Å². The molecule has 2 aliphatic rings. The van der Waals surface area contributed by atoms with Crippen molar-refractivity contribution in [1.29, 1.82) is 0 Å². The highest BCUT2D eigenvalue weighted by Crippen LogP contribution is 2.36. The van der Waals surface area contributed by atoms with Crippen LogP contribution in [0.1, 0.15) is 18.4 Å². The van der Waals surface area contributed by atoms with Gasteiger partial charge in [-0.3, -0.25) is 14.5 Å². The first-order chi connectivity index (χ1) is 9.18. The molecule has 4 heteroatoms. The van der Waals surface area contributed by atoms with Crippen molar-refractivity contribution < 1.29 is 9.59 Å². The Kier molecular flexibility index (Phi) is 3.27. The van der Waals surface area contributed by atoms with Crippen LogP contribution in [-0.2, 0) is 16.1 Å². The van der Waals surface area contributed by atoms with Crippen molar-refractivity contribution in [2.24, 2.45) is 11.8 Å². The molecule has 1 fully saturated rings. The van der Waals surface area contributed by atoms with Gasteiger partial charge in [0.1, 0.15) is 0 Å². The number of benzene rings is 1. The summed E-state index contributed by atoms with van der Waals surface area (Å²) in [7, 11) is 0. The Bertz CT molecular complexity index is 541. The quantitative estimate of drug-likeness (QED) is 0.621. The molecule has 1 aromatic rings. The van der Waals surface area contributed by atoms with Gasteiger partial charge in [0.15, 0.2) is 0 Å². The van der Waals surface area contributed by atoms with Crippen LogP contribution in [0.5, 0.6) is 0 Å². The highest BCUT2D eigenvalue weighted by molar-refractivity contribution is 9.10. The Morgan fingerprint density at radius 1 is 1.05 bits per heavy atom. The van der Waals surface area contributed by atoms with Crippen molar-refractivity contribution in [2.45, 2.75) is 19.4 Å². The minimum atomic E-state index is -0.139. The SMILES string of the molecule is O=C1C2CC=CCC2C(=O)N1Cc1ccccc1Br. The van der Waals surface area contributed by atoms with Crippen molar-refractivity contribution in [3.8, 4) is 0 Å². The minimum Gasteiger partial charge on any atom is -0.278 e. The zero-order valence-corrected chi connectivity index (χ0v) is 12.0. The van der Waals surface area contributed by atoms with Crippen LogP contribution in [0.4, 0.5) is 0 Å². The summed E-state index contributed by atoms with van der Waals surface area (Å²) in [6.45, 7) is 0.367. The molecule has 0 aromatic heterocycles. The number of hydrogen-bond donors (Lipinski definition) is 0. The number of fused-ring (bicyclic) bond motifs is 1. The van der Waals surface area contributed by atoms with Gasteiger partial charge in [0.2, 0.25) is 11.8 Å². The maximum Gasteiger partial charge on any atom is 0.233 e. The lowest BCUT2D eigenvalue weighted by molar-refractivity contribution is -0.140. The summed E-state index contributed by atoms with van der Waals surface area (Å²) < 4.78 is 0.934. The maximum atomic E-state index is 12.3. The normalized spacial score (nSPS) is 25.8. The van der Waals surface area contributed by atoms with Crippen molar-refractivity contribution in [2.75, 3.05) is 0 Å². The summed E-state index contributed by atoms with van der Waals surface area (Å²) in [5.41, 5.74) is 0.968. The fourth-order valence-corrected chi connectivity index (χ4v) is 3.23. The van der Waals surface area contributed by atoms with Crippen LogP contribution in [0.25, 0.3) is 0 Å². The number of carbonyl (C=O) groups excluding carboxylic acids is 2. The molecule has 0 N–H and O–H groups in total. The molecule has 1 aliphatic carbocycles. The average molecular weight is 320 g/mol. The second kappa shape index (κ2) is 4.93. The molecule has 19 heavy (non-hydrogen) atoms. The maximum absolute atomic E-state index is 12.3. The first kappa shape index (κ1) is 12.6. The third-order valence-electron chi connectivity index (χ3n) is 3.89. The van der Waals surface area contributed by atoms with Crippen LogP contribution in [-0.4, -0.2) is 16.7 Å². The fraction of sp³-hybridized carbons (Fsp3) is 0.333. The van der Waals surface area contributed by atoms with Gasteiger partial charge in [-0.1, -0.05) is 46.3 Å². The number of hydrogen-bond acceptors (Lipinski definition) is 2. The molecule has 1 aromatic carbocycles. The van der Waals surface area contributed by atoms with Crippen LogP contribution in [0.3, 0.4) is 0 Å². The minimum absolute atomic E-state index is 0.0184. The molecule has 2 amide bonds. The van der Waals surface area contributed by atoms with E-state index in [-0.39, 0.29) is 23.7 Å². The van der Waals surface area contributed by atoms with Crippen molar-refractivity contribution in [3.63, 3.8) is 0 Å². The van der Waals surface area contributed by atoms with E-state index >= 15 is 0 Å². The summed E-state index contributed by atoms with van der Waals surface area (Å²) in [4.78, 5) is 26.1. The molecular weight excluding hydrogens is 306 g/mol. The van der Waals surface area contributed by atoms with Gasteiger partial charge in [0.05, 0.1) is 18.4 Å². The van der Waals surface area contributed by atoms with E-state index < -0.39 is 0 Å². The number of imide groups is 1. The summed E-state index contributed by atoms with van der Waals surface area (Å²) in [6.07, 6.45) is 5.41. The Balaban J connectivity index is 1.85. The number of nitrogens with zero attached hydrogens (tertiary/aromatic N) is 1. The monoisotopic (exact) mass is 319 g/mol. The molecule has 1 saturated heterocycles. The zero-order valence-electron chi connectivity index (χ0n) is 10.4. The van der Waals surface area contributed by atoms with Crippen molar-refractivity contribution >= 4 is 27.7 Å². The molecule has 1 heterocycles. The molecule has 0 radical (unpaired) electrons. The van der Waals surface area contributed by atoms with Crippen molar-refractivity contribution in [1.82, 2.24) is 4.90 Å². The van der Waals surface area contributed by atoms with E-state index in [4.69, 9.17) is 0 Å². The molecule has 0 saturated carbocycles. The lowest BCUT2D eigenvalue weighted by Crippen LogP contribution is -2.30. The summed E-state index contributed by atoms with van der Waals surface area (Å²) in [5.74, 6) is -0.315. The third kappa shape index (κ3) is 2.14. The first-order valence-corrected chi connectivity index (χ1v) is 7.21. The Hall–Kier alpha value is -1.42. The predicted octanol–water partition coefficient (Wildman–Crippen LogP) is 2.90. The topological polar surface area (TPSA) is 37.4 Å². The first-order valence-electron chi connectivity index (χ1n) is 6.42. The van der Waals surface area contributed by atoms with Gasteiger partial charge in [-0.15, -0.1) is 0 Å². The fourth-order valence-electron chi connectivity index (χ4n) is 2.82. The molecule has 98 valence electrons. The van der Waals surface area contributed by atoms with E-state index in [9.17, 15) is 9.59 Å². The largest absolute Gasteiger partial charge is 0.278 e. The summed E-state index contributed by atoms with van der Waals surface area (Å²) in [6, 6.07) is 7.70. The molecule has 0 spiro atoms. The van der Waals surface area contributed by atoms with E-state index in [1.54, 1.807) is 0 Å². The van der Waals surface area contributed by atoms with Gasteiger partial charge >= 0.3 is 0 Å². The smallest absolute Gasteiger partial charge is 0.233 e. The lowest BCUT2D eigenvalue weighted by atomic mass is 9.85. The number of likely N-dealkylation sites (tertiary alicyclic amines) is 1. The molecular formula is C15H14BrNO2. The molecule has 1 aliphatic heterocycles. The highest BCUT2D eigenvalue weighted by atomic mass is 79.9. The Labute approximate surface area is 120 Å². The summed E-state index contributed by atoms with van der Waals surface area (Å²) in [5, 5.41) is 0. The zero-order chi connectivity index (χ0) is 13.4. The van der Waals surface area contributed by atoms with Crippen LogP contribution >= 0.6 is 15.9 Å². The van der Waals surface area contributed by atoms with E-state index in [1.165, 1.54) is 4.90 Å². The molecule has 2 unspecified atom stereocenters. The Morgan fingerprint density at radius 3 is 2.21 bits per heavy atom. The molecule has 3 rings (SSSR count). The highest BCUT2D eigenvalue weighted by Gasteiger charge is 2.46. The van der Waals surface area contributed by atoms with E-state index in [1.807, 2.05) is 36.4 Å². The van der Waals surface area contributed by atoms with Crippen LogP contribution in [0.2, 0.25) is 0 Å². The lowest BCUT2D eigenvalue weighted by Gasteiger charge is -2.15. The van der Waals surface area contributed by atoms with Gasteiger partial charge < -0.3 is 0 Å². The average Bonchev–Trinajstić information content (AvgIpc) is 2.67. The number of allylic oxidation sites excluding steroid dienone is 2. The van der Waals surface area contributed by atoms with E-state index in [0.29, 0.717) is 19.4 Å². The molecule has 3 nitrogen and oxygen atoms in total. The third-order valence-corrected chi connectivity index (χ3v) is 4.66. The number of halogens is 1. The van der Waals surface area contributed by atoms with E-state index in [0.717, 1.165) is 10.0 Å². The molecule has 0 bridgehead atoms. The number of rotatable bonds is 2. The van der Waals surface area contributed by atoms with Crippen LogP contribution in [0, 0.1) is 11.8 Å². The molecule has 2 atom stereocenters. The van der Waals surface area contributed by atoms with Gasteiger partial charge in [-0.2, -0.15) is 0 Å². The van der Waals surface area contributed by atoms with E-state index in [2.05, 4.69) is 15.9 Å². The predicted molar refractivity (Wildman–Crippen MR) is 75.1 cm³/mol. The second-order valence-electron chi connectivity index (χ2n) is 5.01.